The van der Waals surface area contributed by atoms with Crippen LogP contribution in [0.5, 0.6) is 0 Å². The predicted octanol–water partition coefficient (Wildman–Crippen LogP) is 3.16. The summed E-state index contributed by atoms with van der Waals surface area (Å²) in [5.74, 6) is 0.559. The minimum absolute atomic E-state index is 0.0936. The number of nitrogens with one attached hydrogen (secondary N) is 1. The van der Waals surface area contributed by atoms with Gasteiger partial charge in [-0.1, -0.05) is 23.7 Å². The number of hydrogen-bond acceptors (Lipinski definition) is 5. The Balaban J connectivity index is 1.54. The number of amidine groups is 1. The van der Waals surface area contributed by atoms with Gasteiger partial charge in [0.15, 0.2) is 0 Å². The van der Waals surface area contributed by atoms with E-state index in [9.17, 15) is 4.79 Å². The van der Waals surface area contributed by atoms with E-state index in [1.165, 1.54) is 11.3 Å². The van der Waals surface area contributed by atoms with Crippen LogP contribution in [0.1, 0.15) is 28.1 Å². The molecule has 24 heavy (non-hydrogen) atoms. The van der Waals surface area contributed by atoms with Crippen molar-refractivity contribution in [2.24, 2.45) is 10.7 Å². The first kappa shape index (κ1) is 15.5. The van der Waals surface area contributed by atoms with Crippen molar-refractivity contribution >= 4 is 40.4 Å². The Morgan fingerprint density at radius 3 is 2.79 bits per heavy atom. The zero-order valence-electron chi connectivity index (χ0n) is 13.0. The first-order valence-electron chi connectivity index (χ1n) is 7.83. The largest absolute Gasteiger partial charge is 0.383 e. The topological polar surface area (TPSA) is 70.7 Å². The van der Waals surface area contributed by atoms with Gasteiger partial charge in [0.2, 0.25) is 0 Å². The Morgan fingerprint density at radius 2 is 2.08 bits per heavy atom. The van der Waals surface area contributed by atoms with Crippen LogP contribution in [0.2, 0.25) is 5.02 Å². The van der Waals surface area contributed by atoms with Gasteiger partial charge < -0.3 is 16.0 Å². The Morgan fingerprint density at radius 1 is 1.29 bits per heavy atom. The normalized spacial score (nSPS) is 18.7. The van der Waals surface area contributed by atoms with E-state index in [0.717, 1.165) is 29.0 Å². The van der Waals surface area contributed by atoms with Crippen molar-refractivity contribution in [1.29, 1.82) is 0 Å². The summed E-state index contributed by atoms with van der Waals surface area (Å²) < 4.78 is 0. The number of likely N-dealkylation sites (tertiary alicyclic amines) is 1. The van der Waals surface area contributed by atoms with Gasteiger partial charge in [-0.05, 0) is 23.6 Å². The van der Waals surface area contributed by atoms with Crippen LogP contribution in [0, 0.1) is 0 Å². The van der Waals surface area contributed by atoms with Crippen molar-refractivity contribution < 1.29 is 4.79 Å². The quantitative estimate of drug-likeness (QED) is 0.820. The monoisotopic (exact) mass is 360 g/mol. The average molecular weight is 361 g/mol. The maximum absolute atomic E-state index is 12.5. The maximum Gasteiger partial charge on any atom is 0.263 e. The second kappa shape index (κ2) is 5.79. The van der Waals surface area contributed by atoms with Crippen LogP contribution in [0.25, 0.3) is 0 Å². The molecule has 3 N–H and O–H groups in total. The summed E-state index contributed by atoms with van der Waals surface area (Å²) in [6.07, 6.45) is 1.44. The predicted molar refractivity (Wildman–Crippen MR) is 98.0 cm³/mol. The molecule has 1 saturated heterocycles. The second-order valence-corrected chi connectivity index (χ2v) is 7.44. The summed E-state index contributed by atoms with van der Waals surface area (Å²) in [6, 6.07) is 9.44. The first-order valence-corrected chi connectivity index (χ1v) is 9.09. The molecule has 124 valence electrons. The average Bonchev–Trinajstić information content (AvgIpc) is 3.09. The van der Waals surface area contributed by atoms with E-state index in [2.05, 4.69) is 5.32 Å². The number of thiophene rings is 1. The Kier molecular flexibility index (Phi) is 3.73. The lowest BCUT2D eigenvalue weighted by Crippen LogP contribution is -2.52. The smallest absolute Gasteiger partial charge is 0.263 e. The number of hydrogen-bond donors (Lipinski definition) is 2. The van der Waals surface area contributed by atoms with E-state index in [1.807, 2.05) is 40.6 Å². The van der Waals surface area contributed by atoms with Gasteiger partial charge in [-0.25, -0.2) is 4.99 Å². The van der Waals surface area contributed by atoms with Crippen molar-refractivity contribution in [3.05, 3.63) is 51.2 Å². The summed E-state index contributed by atoms with van der Waals surface area (Å²) in [7, 11) is 0. The number of benzene rings is 1. The highest BCUT2D eigenvalue weighted by molar-refractivity contribution is 7.12. The fourth-order valence-electron chi connectivity index (χ4n) is 3.33. The number of nitrogens with zero attached hydrogens (tertiary/aromatic N) is 2. The lowest BCUT2D eigenvalue weighted by molar-refractivity contribution is 0.0690. The summed E-state index contributed by atoms with van der Waals surface area (Å²) in [5.41, 5.74) is 7.40. The highest BCUT2D eigenvalue weighted by Gasteiger charge is 2.39. The summed E-state index contributed by atoms with van der Waals surface area (Å²) in [5, 5.41) is 6.01. The molecule has 2 aromatic rings. The van der Waals surface area contributed by atoms with Crippen molar-refractivity contribution in [3.8, 4) is 0 Å². The SMILES string of the molecule is NC1=NC2(CCN(C(=O)c3cccs3)CC2)Nc2cccc(Cl)c21. The number of anilines is 1. The molecule has 2 aliphatic rings. The molecule has 0 aliphatic carbocycles. The number of piperidine rings is 1. The number of fused-ring (bicyclic) bond motifs is 1. The number of rotatable bonds is 1. The molecule has 1 fully saturated rings. The van der Waals surface area contributed by atoms with Gasteiger partial charge in [0.1, 0.15) is 11.5 Å². The molecule has 0 atom stereocenters. The molecular formula is C17H17ClN4OS. The molecule has 0 saturated carbocycles. The molecule has 3 heterocycles. The maximum atomic E-state index is 12.5. The van der Waals surface area contributed by atoms with Crippen molar-refractivity contribution in [1.82, 2.24) is 4.90 Å². The Hall–Kier alpha value is -2.05. The Bertz CT molecular complexity index is 810. The fourth-order valence-corrected chi connectivity index (χ4v) is 4.29. The zero-order valence-corrected chi connectivity index (χ0v) is 14.5. The molecule has 7 heteroatoms. The van der Waals surface area contributed by atoms with Gasteiger partial charge in [-0.2, -0.15) is 0 Å². The summed E-state index contributed by atoms with van der Waals surface area (Å²) in [6.45, 7) is 1.30. The minimum atomic E-state index is -0.450. The van der Waals surface area contributed by atoms with Gasteiger partial charge in [0.25, 0.3) is 5.91 Å². The van der Waals surface area contributed by atoms with E-state index >= 15 is 0 Å². The third kappa shape index (κ3) is 2.56. The third-order valence-electron chi connectivity index (χ3n) is 4.58. The molecule has 0 radical (unpaired) electrons. The van der Waals surface area contributed by atoms with Crippen LogP contribution in [0.4, 0.5) is 5.69 Å². The summed E-state index contributed by atoms with van der Waals surface area (Å²) in [4.78, 5) is 19.8. The number of amides is 1. The highest BCUT2D eigenvalue weighted by Crippen LogP contribution is 2.36. The van der Waals surface area contributed by atoms with Gasteiger partial charge >= 0.3 is 0 Å². The Labute approximate surface area is 149 Å². The number of nitrogens with two attached hydrogens (primary N) is 1. The molecule has 1 amide bonds. The highest BCUT2D eigenvalue weighted by atomic mass is 35.5. The van der Waals surface area contributed by atoms with E-state index in [-0.39, 0.29) is 5.91 Å². The zero-order chi connectivity index (χ0) is 16.7. The van der Waals surface area contributed by atoms with Crippen LogP contribution in [0.3, 0.4) is 0 Å². The second-order valence-electron chi connectivity index (χ2n) is 6.09. The van der Waals surface area contributed by atoms with Crippen molar-refractivity contribution in [2.75, 3.05) is 18.4 Å². The van der Waals surface area contributed by atoms with E-state index in [1.54, 1.807) is 0 Å². The minimum Gasteiger partial charge on any atom is -0.383 e. The third-order valence-corrected chi connectivity index (χ3v) is 5.75. The summed E-state index contributed by atoms with van der Waals surface area (Å²) >= 11 is 7.71. The van der Waals surface area contributed by atoms with Crippen LogP contribution < -0.4 is 11.1 Å². The standard InChI is InChI=1S/C17H17ClN4OS/c18-11-3-1-4-12-14(11)15(19)21-17(20-12)6-8-22(9-7-17)16(23)13-5-2-10-24-13/h1-5,10,20H,6-9H2,(H2,19,21). The molecule has 0 unspecified atom stereocenters. The van der Waals surface area contributed by atoms with Gasteiger partial charge in [0.05, 0.1) is 15.5 Å². The number of carbonyl (C=O) groups is 1. The molecule has 0 bridgehead atoms. The van der Waals surface area contributed by atoms with Gasteiger partial charge in [0, 0.05) is 31.6 Å². The number of halogens is 1. The fraction of sp³-hybridized carbons (Fsp3) is 0.294. The van der Waals surface area contributed by atoms with Gasteiger partial charge in [-0.3, -0.25) is 4.79 Å². The van der Waals surface area contributed by atoms with Crippen LogP contribution in [-0.2, 0) is 0 Å². The molecular weight excluding hydrogens is 344 g/mol. The number of carbonyl (C=O) groups excluding carboxylic acids is 1. The molecule has 1 spiro atoms. The van der Waals surface area contributed by atoms with Crippen LogP contribution >= 0.6 is 22.9 Å². The van der Waals surface area contributed by atoms with Crippen LogP contribution in [0.15, 0.2) is 40.7 Å². The molecule has 2 aliphatic heterocycles. The molecule has 5 nitrogen and oxygen atoms in total. The lowest BCUT2D eigenvalue weighted by atomic mass is 9.93. The van der Waals surface area contributed by atoms with Crippen molar-refractivity contribution in [2.45, 2.75) is 18.5 Å². The molecule has 1 aromatic heterocycles. The first-order chi connectivity index (χ1) is 11.6. The molecule has 4 rings (SSSR count). The van der Waals surface area contributed by atoms with E-state index in [0.29, 0.717) is 23.9 Å². The van der Waals surface area contributed by atoms with E-state index < -0.39 is 5.66 Å². The number of aliphatic imine (C=N–C) groups is 1. The van der Waals surface area contributed by atoms with E-state index in [4.69, 9.17) is 22.3 Å². The van der Waals surface area contributed by atoms with Crippen LogP contribution in [-0.4, -0.2) is 35.4 Å². The lowest BCUT2D eigenvalue weighted by Gasteiger charge is -2.42. The molecule has 1 aromatic carbocycles. The van der Waals surface area contributed by atoms with Crippen molar-refractivity contribution in [3.63, 3.8) is 0 Å². The van der Waals surface area contributed by atoms with Gasteiger partial charge in [-0.15, -0.1) is 11.3 Å².